The fourth-order valence-electron chi connectivity index (χ4n) is 2.13. The van der Waals surface area contributed by atoms with Gasteiger partial charge < -0.3 is 18.9 Å². The molecule has 0 fully saturated rings. The lowest BCUT2D eigenvalue weighted by atomic mass is 10.1. The zero-order valence-corrected chi connectivity index (χ0v) is 15.8. The molecule has 144 valence electrons. The second kappa shape index (κ2) is 9.54. The average Bonchev–Trinajstić information content (AvgIpc) is 2.70. The summed E-state index contributed by atoms with van der Waals surface area (Å²) in [5, 5.41) is 0.560. The highest BCUT2D eigenvalue weighted by Crippen LogP contribution is 2.38. The Bertz CT molecular complexity index is 785. The van der Waals surface area contributed by atoms with Crippen molar-refractivity contribution in [1.82, 2.24) is 10.9 Å². The molecule has 0 radical (unpaired) electrons. The summed E-state index contributed by atoms with van der Waals surface area (Å²) in [6.07, 6.45) is 0. The number of hydrogen-bond acceptors (Lipinski definition) is 6. The van der Waals surface area contributed by atoms with E-state index in [1.165, 1.54) is 33.5 Å². The van der Waals surface area contributed by atoms with Crippen LogP contribution in [0.1, 0.15) is 10.4 Å². The summed E-state index contributed by atoms with van der Waals surface area (Å²) in [4.78, 5) is 24.1. The molecule has 8 nitrogen and oxygen atoms in total. The maximum Gasteiger partial charge on any atom is 0.276 e. The lowest BCUT2D eigenvalue weighted by Gasteiger charge is -2.14. The maximum absolute atomic E-state index is 12.3. The number of carbonyl (C=O) groups is 2. The lowest BCUT2D eigenvalue weighted by Crippen LogP contribution is -2.43. The number of amides is 2. The fraction of sp³-hybridized carbons (Fsp3) is 0.222. The Labute approximate surface area is 161 Å². The molecule has 0 spiro atoms. The molecular formula is C18H19ClN2O6. The van der Waals surface area contributed by atoms with Gasteiger partial charge in [0.25, 0.3) is 11.8 Å². The van der Waals surface area contributed by atoms with E-state index in [9.17, 15) is 9.59 Å². The van der Waals surface area contributed by atoms with E-state index < -0.39 is 11.8 Å². The second-order valence-corrected chi connectivity index (χ2v) is 5.60. The molecule has 9 heteroatoms. The van der Waals surface area contributed by atoms with Crippen LogP contribution in [0.15, 0.2) is 36.4 Å². The quantitative estimate of drug-likeness (QED) is 0.699. The van der Waals surface area contributed by atoms with Crippen LogP contribution in [0.4, 0.5) is 0 Å². The van der Waals surface area contributed by atoms with Gasteiger partial charge in [-0.25, -0.2) is 0 Å². The number of benzene rings is 2. The van der Waals surface area contributed by atoms with Crippen molar-refractivity contribution in [3.63, 3.8) is 0 Å². The predicted molar refractivity (Wildman–Crippen MR) is 98.7 cm³/mol. The molecule has 2 rings (SSSR count). The van der Waals surface area contributed by atoms with Crippen molar-refractivity contribution in [2.45, 2.75) is 0 Å². The third-order valence-corrected chi connectivity index (χ3v) is 3.68. The zero-order chi connectivity index (χ0) is 19.8. The molecule has 2 aromatic carbocycles. The number of hydrogen-bond donors (Lipinski definition) is 2. The number of methoxy groups -OCH3 is 3. The van der Waals surface area contributed by atoms with E-state index in [-0.39, 0.29) is 12.2 Å². The van der Waals surface area contributed by atoms with Crippen molar-refractivity contribution in [3.8, 4) is 23.0 Å². The highest BCUT2D eigenvalue weighted by atomic mass is 35.5. The van der Waals surface area contributed by atoms with Crippen molar-refractivity contribution < 1.29 is 28.5 Å². The van der Waals surface area contributed by atoms with Gasteiger partial charge in [0.1, 0.15) is 5.75 Å². The molecule has 0 heterocycles. The van der Waals surface area contributed by atoms with E-state index in [4.69, 9.17) is 30.5 Å². The van der Waals surface area contributed by atoms with Gasteiger partial charge in [-0.2, -0.15) is 0 Å². The fourth-order valence-corrected chi connectivity index (χ4v) is 2.25. The summed E-state index contributed by atoms with van der Waals surface area (Å²) in [5.74, 6) is 0.376. The van der Waals surface area contributed by atoms with Crippen LogP contribution >= 0.6 is 11.6 Å². The van der Waals surface area contributed by atoms with Gasteiger partial charge in [-0.1, -0.05) is 11.6 Å². The predicted octanol–water partition coefficient (Wildman–Crippen LogP) is 2.21. The minimum atomic E-state index is -0.561. The summed E-state index contributed by atoms with van der Waals surface area (Å²) in [5.41, 5.74) is 4.77. The molecule has 27 heavy (non-hydrogen) atoms. The van der Waals surface area contributed by atoms with E-state index in [0.717, 1.165) is 0 Å². The maximum atomic E-state index is 12.3. The van der Waals surface area contributed by atoms with Gasteiger partial charge in [0, 0.05) is 10.6 Å². The highest BCUT2D eigenvalue weighted by Gasteiger charge is 2.17. The molecule has 2 N–H and O–H groups in total. The summed E-state index contributed by atoms with van der Waals surface area (Å²) >= 11 is 5.77. The lowest BCUT2D eigenvalue weighted by molar-refractivity contribution is -0.123. The van der Waals surface area contributed by atoms with Gasteiger partial charge >= 0.3 is 0 Å². The molecule has 0 aromatic heterocycles. The van der Waals surface area contributed by atoms with Crippen molar-refractivity contribution in [3.05, 3.63) is 47.0 Å². The number of halogens is 1. The monoisotopic (exact) mass is 394 g/mol. The van der Waals surface area contributed by atoms with Crippen molar-refractivity contribution in [2.24, 2.45) is 0 Å². The van der Waals surface area contributed by atoms with E-state index in [2.05, 4.69) is 10.9 Å². The van der Waals surface area contributed by atoms with Crippen LogP contribution < -0.4 is 29.8 Å². The number of rotatable bonds is 7. The smallest absolute Gasteiger partial charge is 0.276 e. The van der Waals surface area contributed by atoms with Gasteiger partial charge in [0.2, 0.25) is 5.75 Å². The normalized spacial score (nSPS) is 9.93. The Morgan fingerprint density at radius 1 is 0.926 bits per heavy atom. The summed E-state index contributed by atoms with van der Waals surface area (Å²) in [6, 6.07) is 9.47. The minimum Gasteiger partial charge on any atom is -0.493 e. The third kappa shape index (κ3) is 5.42. The van der Waals surface area contributed by atoms with Gasteiger partial charge in [-0.15, -0.1) is 0 Å². The Hall–Kier alpha value is -3.13. The zero-order valence-electron chi connectivity index (χ0n) is 15.0. The van der Waals surface area contributed by atoms with Crippen LogP contribution in [0.5, 0.6) is 23.0 Å². The van der Waals surface area contributed by atoms with E-state index in [1.807, 2.05) is 0 Å². The molecule has 0 bridgehead atoms. The Morgan fingerprint density at radius 2 is 1.52 bits per heavy atom. The first kappa shape index (κ1) is 20.2. The molecule has 0 atom stereocenters. The standard InChI is InChI=1S/C18H19ClN2O6/c1-24-14-8-11(9-15(25-2)17(14)26-3)18(23)21-20-16(22)10-27-13-6-4-12(19)5-7-13/h4-9H,10H2,1-3H3,(H,20,22)(H,21,23). The van der Waals surface area contributed by atoms with E-state index in [0.29, 0.717) is 28.0 Å². The summed E-state index contributed by atoms with van der Waals surface area (Å²) < 4.78 is 20.9. The van der Waals surface area contributed by atoms with Crippen molar-refractivity contribution in [2.75, 3.05) is 27.9 Å². The molecule has 0 saturated carbocycles. The van der Waals surface area contributed by atoms with Crippen LogP contribution in [0.3, 0.4) is 0 Å². The first-order valence-electron chi connectivity index (χ1n) is 7.76. The second-order valence-electron chi connectivity index (χ2n) is 5.16. The molecule has 2 aromatic rings. The molecule has 0 aliphatic carbocycles. The topological polar surface area (TPSA) is 95.1 Å². The van der Waals surface area contributed by atoms with Gasteiger partial charge in [-0.05, 0) is 36.4 Å². The molecule has 0 aliphatic rings. The number of nitrogens with one attached hydrogen (secondary N) is 2. The Kier molecular flexibility index (Phi) is 7.13. The van der Waals surface area contributed by atoms with Crippen LogP contribution in [0.2, 0.25) is 5.02 Å². The molecule has 2 amide bonds. The molecular weight excluding hydrogens is 376 g/mol. The minimum absolute atomic E-state index is 0.211. The van der Waals surface area contributed by atoms with Crippen LogP contribution in [-0.2, 0) is 4.79 Å². The van der Waals surface area contributed by atoms with E-state index >= 15 is 0 Å². The number of hydrazine groups is 1. The van der Waals surface area contributed by atoms with Gasteiger partial charge in [0.15, 0.2) is 18.1 Å². The van der Waals surface area contributed by atoms with Crippen LogP contribution in [0.25, 0.3) is 0 Å². The Morgan fingerprint density at radius 3 is 2.04 bits per heavy atom. The van der Waals surface area contributed by atoms with Gasteiger partial charge in [0.05, 0.1) is 21.3 Å². The first-order valence-corrected chi connectivity index (χ1v) is 8.13. The number of carbonyl (C=O) groups excluding carboxylic acids is 2. The largest absolute Gasteiger partial charge is 0.493 e. The molecule has 0 unspecified atom stereocenters. The van der Waals surface area contributed by atoms with Crippen LogP contribution in [-0.4, -0.2) is 39.8 Å². The SMILES string of the molecule is COc1cc(C(=O)NNC(=O)COc2ccc(Cl)cc2)cc(OC)c1OC. The summed E-state index contributed by atoms with van der Waals surface area (Å²) in [6.45, 7) is -0.281. The molecule has 0 saturated heterocycles. The van der Waals surface area contributed by atoms with Crippen LogP contribution in [0, 0.1) is 0 Å². The number of ether oxygens (including phenoxy) is 4. The van der Waals surface area contributed by atoms with Gasteiger partial charge in [-0.3, -0.25) is 20.4 Å². The van der Waals surface area contributed by atoms with E-state index in [1.54, 1.807) is 24.3 Å². The summed E-state index contributed by atoms with van der Waals surface area (Å²) in [7, 11) is 4.34. The molecule has 0 aliphatic heterocycles. The average molecular weight is 395 g/mol. The third-order valence-electron chi connectivity index (χ3n) is 3.43. The Balaban J connectivity index is 1.94. The van der Waals surface area contributed by atoms with Crippen molar-refractivity contribution in [1.29, 1.82) is 0 Å². The first-order chi connectivity index (χ1) is 13.0. The van der Waals surface area contributed by atoms with Crippen molar-refractivity contribution >= 4 is 23.4 Å². The highest BCUT2D eigenvalue weighted by molar-refractivity contribution is 6.30.